The molecule has 5 heteroatoms. The lowest BCUT2D eigenvalue weighted by Crippen LogP contribution is -2.19. The summed E-state index contributed by atoms with van der Waals surface area (Å²) in [5.74, 6) is 0.665. The molecule has 78 valence electrons. The SMILES string of the molecule is CS(=O)CCNCc1cccnc1Cl. The second kappa shape index (κ2) is 6.11. The van der Waals surface area contributed by atoms with Gasteiger partial charge in [0.1, 0.15) is 5.15 Å². The van der Waals surface area contributed by atoms with Crippen molar-refractivity contribution in [2.45, 2.75) is 6.54 Å². The van der Waals surface area contributed by atoms with Crippen LogP contribution in [0.2, 0.25) is 5.15 Å². The average molecular weight is 233 g/mol. The molecule has 3 nitrogen and oxygen atoms in total. The maximum atomic E-state index is 10.8. The summed E-state index contributed by atoms with van der Waals surface area (Å²) in [4.78, 5) is 3.96. The van der Waals surface area contributed by atoms with Crippen molar-refractivity contribution in [1.82, 2.24) is 10.3 Å². The van der Waals surface area contributed by atoms with Gasteiger partial charge in [-0.3, -0.25) is 4.21 Å². The number of nitrogens with one attached hydrogen (secondary N) is 1. The Labute approximate surface area is 91.3 Å². The highest BCUT2D eigenvalue weighted by Crippen LogP contribution is 2.10. The van der Waals surface area contributed by atoms with Gasteiger partial charge in [-0.25, -0.2) is 4.98 Å². The predicted molar refractivity (Wildman–Crippen MR) is 59.9 cm³/mol. The van der Waals surface area contributed by atoms with Gasteiger partial charge in [0.25, 0.3) is 0 Å². The largest absolute Gasteiger partial charge is 0.312 e. The summed E-state index contributed by atoms with van der Waals surface area (Å²) in [5, 5.41) is 3.68. The molecule has 0 aliphatic heterocycles. The zero-order valence-corrected chi connectivity index (χ0v) is 9.57. The van der Waals surface area contributed by atoms with Crippen molar-refractivity contribution in [3.05, 3.63) is 29.0 Å². The first-order chi connectivity index (χ1) is 6.70. The van der Waals surface area contributed by atoms with Gasteiger partial charge in [0, 0.05) is 47.7 Å². The van der Waals surface area contributed by atoms with Crippen LogP contribution in [0.5, 0.6) is 0 Å². The fraction of sp³-hybridized carbons (Fsp3) is 0.444. The number of pyridine rings is 1. The van der Waals surface area contributed by atoms with Crippen molar-refractivity contribution in [3.63, 3.8) is 0 Å². The number of hydrogen-bond donors (Lipinski definition) is 1. The van der Waals surface area contributed by atoms with Crippen molar-refractivity contribution in [2.75, 3.05) is 18.6 Å². The van der Waals surface area contributed by atoms with E-state index in [1.165, 1.54) is 0 Å². The zero-order chi connectivity index (χ0) is 10.4. The molecule has 0 bridgehead atoms. The molecule has 1 heterocycles. The van der Waals surface area contributed by atoms with Gasteiger partial charge in [-0.1, -0.05) is 17.7 Å². The summed E-state index contributed by atoms with van der Waals surface area (Å²) in [6, 6.07) is 3.77. The molecule has 0 spiro atoms. The van der Waals surface area contributed by atoms with Gasteiger partial charge in [0.05, 0.1) is 0 Å². The van der Waals surface area contributed by atoms with Crippen LogP contribution in [0.15, 0.2) is 18.3 Å². The fourth-order valence-electron chi connectivity index (χ4n) is 0.990. The van der Waals surface area contributed by atoms with Gasteiger partial charge in [-0.05, 0) is 6.07 Å². The quantitative estimate of drug-likeness (QED) is 0.613. The lowest BCUT2D eigenvalue weighted by atomic mass is 10.3. The molecule has 0 saturated heterocycles. The van der Waals surface area contributed by atoms with E-state index in [0.717, 1.165) is 12.1 Å². The van der Waals surface area contributed by atoms with Crippen molar-refractivity contribution in [3.8, 4) is 0 Å². The van der Waals surface area contributed by atoms with Crippen LogP contribution in [0, 0.1) is 0 Å². The van der Waals surface area contributed by atoms with E-state index in [1.807, 2.05) is 12.1 Å². The number of aromatic nitrogens is 1. The molecule has 1 N–H and O–H groups in total. The summed E-state index contributed by atoms with van der Waals surface area (Å²) in [6.45, 7) is 1.40. The lowest BCUT2D eigenvalue weighted by molar-refractivity contribution is 0.676. The lowest BCUT2D eigenvalue weighted by Gasteiger charge is -2.04. The van der Waals surface area contributed by atoms with Gasteiger partial charge in [0.2, 0.25) is 0 Å². The molecular weight excluding hydrogens is 220 g/mol. The van der Waals surface area contributed by atoms with Gasteiger partial charge in [-0.2, -0.15) is 0 Å². The van der Waals surface area contributed by atoms with Crippen molar-refractivity contribution >= 4 is 22.4 Å². The van der Waals surface area contributed by atoms with Crippen LogP contribution in [-0.2, 0) is 17.3 Å². The van der Waals surface area contributed by atoms with E-state index in [-0.39, 0.29) is 0 Å². The monoisotopic (exact) mass is 232 g/mol. The van der Waals surface area contributed by atoms with Crippen molar-refractivity contribution in [1.29, 1.82) is 0 Å². The van der Waals surface area contributed by atoms with Crippen LogP contribution in [0.3, 0.4) is 0 Å². The second-order valence-corrected chi connectivity index (χ2v) is 4.82. The Morgan fingerprint density at radius 3 is 3.07 bits per heavy atom. The Bertz CT molecular complexity index is 319. The Morgan fingerprint density at radius 1 is 1.64 bits per heavy atom. The molecule has 0 amide bonds. The van der Waals surface area contributed by atoms with Crippen LogP contribution in [0.25, 0.3) is 0 Å². The Balaban J connectivity index is 2.31. The number of rotatable bonds is 5. The van der Waals surface area contributed by atoms with Crippen LogP contribution in [-0.4, -0.2) is 27.7 Å². The highest BCUT2D eigenvalue weighted by atomic mass is 35.5. The molecule has 0 radical (unpaired) electrons. The maximum absolute atomic E-state index is 10.8. The van der Waals surface area contributed by atoms with E-state index >= 15 is 0 Å². The smallest absolute Gasteiger partial charge is 0.133 e. The molecule has 1 atom stereocenters. The van der Waals surface area contributed by atoms with Gasteiger partial charge >= 0.3 is 0 Å². The molecular formula is C9H13ClN2OS. The van der Waals surface area contributed by atoms with Gasteiger partial charge in [-0.15, -0.1) is 0 Å². The third kappa shape index (κ3) is 4.17. The highest BCUT2D eigenvalue weighted by Gasteiger charge is 1.99. The summed E-state index contributed by atoms with van der Waals surface area (Å²) in [5.41, 5.74) is 0.969. The summed E-state index contributed by atoms with van der Waals surface area (Å²) in [6.07, 6.45) is 3.35. The molecule has 0 aliphatic carbocycles. The molecule has 0 saturated carbocycles. The summed E-state index contributed by atoms with van der Waals surface area (Å²) >= 11 is 5.85. The molecule has 0 fully saturated rings. The van der Waals surface area contributed by atoms with E-state index in [0.29, 0.717) is 17.5 Å². The molecule has 1 unspecified atom stereocenters. The van der Waals surface area contributed by atoms with Gasteiger partial charge < -0.3 is 5.32 Å². The van der Waals surface area contributed by atoms with Crippen LogP contribution >= 0.6 is 11.6 Å². The molecule has 1 aromatic rings. The Morgan fingerprint density at radius 2 is 2.43 bits per heavy atom. The summed E-state index contributed by atoms with van der Waals surface area (Å²) < 4.78 is 10.8. The minimum absolute atomic E-state index is 0.526. The standard InChI is InChI=1S/C9H13ClN2OS/c1-14(13)6-5-11-7-8-3-2-4-12-9(8)10/h2-4,11H,5-7H2,1H3. The van der Waals surface area contributed by atoms with Crippen molar-refractivity contribution in [2.24, 2.45) is 0 Å². The van der Waals surface area contributed by atoms with Crippen molar-refractivity contribution < 1.29 is 4.21 Å². The minimum Gasteiger partial charge on any atom is -0.312 e. The van der Waals surface area contributed by atoms with E-state index in [9.17, 15) is 4.21 Å². The molecule has 1 rings (SSSR count). The van der Waals surface area contributed by atoms with Gasteiger partial charge in [0.15, 0.2) is 0 Å². The number of halogens is 1. The Hall–Kier alpha value is -0.450. The topological polar surface area (TPSA) is 42.0 Å². The average Bonchev–Trinajstić information content (AvgIpc) is 2.15. The van der Waals surface area contributed by atoms with Crippen LogP contribution < -0.4 is 5.32 Å². The zero-order valence-electron chi connectivity index (χ0n) is 8.00. The van der Waals surface area contributed by atoms with E-state index in [1.54, 1.807) is 12.5 Å². The maximum Gasteiger partial charge on any atom is 0.133 e. The minimum atomic E-state index is -0.740. The summed E-state index contributed by atoms with van der Waals surface area (Å²) in [7, 11) is -0.740. The molecule has 0 aromatic carbocycles. The molecule has 14 heavy (non-hydrogen) atoms. The normalized spacial score (nSPS) is 12.7. The van der Waals surface area contributed by atoms with Crippen LogP contribution in [0.4, 0.5) is 0 Å². The van der Waals surface area contributed by atoms with Crippen LogP contribution in [0.1, 0.15) is 5.56 Å². The molecule has 0 aliphatic rings. The number of hydrogen-bond acceptors (Lipinski definition) is 3. The van der Waals surface area contributed by atoms with E-state index in [2.05, 4.69) is 10.3 Å². The number of nitrogens with zero attached hydrogens (tertiary/aromatic N) is 1. The fourth-order valence-corrected chi connectivity index (χ4v) is 1.61. The second-order valence-electron chi connectivity index (χ2n) is 2.91. The predicted octanol–water partition coefficient (Wildman–Crippen LogP) is 1.20. The molecule has 1 aromatic heterocycles. The first kappa shape index (κ1) is 11.6. The first-order valence-corrected chi connectivity index (χ1v) is 6.41. The highest BCUT2D eigenvalue weighted by molar-refractivity contribution is 7.84. The third-order valence-corrected chi connectivity index (χ3v) is 2.84. The first-order valence-electron chi connectivity index (χ1n) is 4.30. The van der Waals surface area contributed by atoms with E-state index < -0.39 is 10.8 Å². The van der Waals surface area contributed by atoms with E-state index in [4.69, 9.17) is 11.6 Å². The Kier molecular flexibility index (Phi) is 5.07. The third-order valence-electron chi connectivity index (χ3n) is 1.72.